The van der Waals surface area contributed by atoms with Crippen LogP contribution in [0.2, 0.25) is 5.02 Å². The number of aromatic nitrogens is 2. The molecule has 7 heteroatoms. The van der Waals surface area contributed by atoms with E-state index in [0.717, 1.165) is 41.2 Å². The summed E-state index contributed by atoms with van der Waals surface area (Å²) < 4.78 is 7.99. The number of hydrogen-bond donors (Lipinski definition) is 2. The summed E-state index contributed by atoms with van der Waals surface area (Å²) >= 11 is 5.93. The fourth-order valence-corrected chi connectivity index (χ4v) is 4.17. The van der Waals surface area contributed by atoms with E-state index in [2.05, 4.69) is 15.7 Å². The van der Waals surface area contributed by atoms with E-state index in [0.29, 0.717) is 17.7 Å². The molecule has 1 saturated heterocycles. The minimum absolute atomic E-state index is 0.0830. The van der Waals surface area contributed by atoms with Crippen LogP contribution in [0.3, 0.4) is 0 Å². The third kappa shape index (κ3) is 5.90. The summed E-state index contributed by atoms with van der Waals surface area (Å²) in [5, 5.41) is 11.5. The highest BCUT2D eigenvalue weighted by molar-refractivity contribution is 6.30. The number of rotatable bonds is 8. The minimum atomic E-state index is -0.0830. The number of anilines is 1. The molecule has 1 atom stereocenters. The van der Waals surface area contributed by atoms with Gasteiger partial charge in [-0.15, -0.1) is 0 Å². The maximum Gasteiger partial charge on any atom is 0.228 e. The number of nitrogens with zero attached hydrogens (tertiary/aromatic N) is 2. The van der Waals surface area contributed by atoms with E-state index in [1.807, 2.05) is 48.1 Å². The van der Waals surface area contributed by atoms with Crippen LogP contribution < -0.4 is 15.4 Å². The van der Waals surface area contributed by atoms with Crippen LogP contribution in [0.5, 0.6) is 5.75 Å². The molecule has 1 aliphatic rings. The van der Waals surface area contributed by atoms with Gasteiger partial charge in [0.2, 0.25) is 5.91 Å². The topological polar surface area (TPSA) is 68.2 Å². The van der Waals surface area contributed by atoms with Crippen molar-refractivity contribution < 1.29 is 9.53 Å². The van der Waals surface area contributed by atoms with Crippen molar-refractivity contribution in [3.05, 3.63) is 65.3 Å². The number of carbonyl (C=O) groups is 1. The lowest BCUT2D eigenvalue weighted by Gasteiger charge is -2.23. The molecule has 1 unspecified atom stereocenters. The second kappa shape index (κ2) is 10.7. The molecule has 0 spiro atoms. The average molecular weight is 453 g/mol. The standard InChI is InChI=1S/C25H29ClN4O2/c1-30-23(11-14-28-30)22-17-21(29-25(31)16-18-5-7-19(26)8-6-18)9-10-24(22)32-15-12-20-4-2-3-13-27-20/h5-11,14,17,20,27H,2-4,12-13,15-16H2,1H3,(H,29,31). The van der Waals surface area contributed by atoms with Gasteiger partial charge in [0, 0.05) is 35.6 Å². The summed E-state index contributed by atoms with van der Waals surface area (Å²) in [7, 11) is 1.90. The van der Waals surface area contributed by atoms with Crippen molar-refractivity contribution >= 4 is 23.2 Å². The van der Waals surface area contributed by atoms with Crippen LogP contribution in [-0.2, 0) is 18.3 Å². The van der Waals surface area contributed by atoms with E-state index in [4.69, 9.17) is 16.3 Å². The molecule has 32 heavy (non-hydrogen) atoms. The molecule has 1 fully saturated rings. The lowest BCUT2D eigenvalue weighted by atomic mass is 10.0. The number of halogens is 1. The third-order valence-electron chi connectivity index (χ3n) is 5.77. The number of piperidine rings is 1. The predicted molar refractivity (Wildman–Crippen MR) is 128 cm³/mol. The zero-order valence-electron chi connectivity index (χ0n) is 18.3. The molecule has 1 aliphatic heterocycles. The maximum atomic E-state index is 12.6. The van der Waals surface area contributed by atoms with Gasteiger partial charge in [0.1, 0.15) is 5.75 Å². The number of nitrogens with one attached hydrogen (secondary N) is 2. The Labute approximate surface area is 193 Å². The van der Waals surface area contributed by atoms with E-state index in [1.165, 1.54) is 19.3 Å². The molecule has 1 amide bonds. The number of ether oxygens (including phenoxy) is 1. The highest BCUT2D eigenvalue weighted by Gasteiger charge is 2.15. The highest BCUT2D eigenvalue weighted by atomic mass is 35.5. The van der Waals surface area contributed by atoms with Crippen molar-refractivity contribution in [1.82, 2.24) is 15.1 Å². The average Bonchev–Trinajstić information content (AvgIpc) is 3.22. The Balaban J connectivity index is 1.46. The molecule has 0 aliphatic carbocycles. The van der Waals surface area contributed by atoms with Gasteiger partial charge in [-0.05, 0) is 67.8 Å². The smallest absolute Gasteiger partial charge is 0.228 e. The molecule has 0 bridgehead atoms. The Morgan fingerprint density at radius 3 is 2.78 bits per heavy atom. The van der Waals surface area contributed by atoms with Crippen molar-refractivity contribution in [2.75, 3.05) is 18.5 Å². The summed E-state index contributed by atoms with van der Waals surface area (Å²) in [6.07, 6.45) is 6.76. The molecule has 1 aromatic heterocycles. The lowest BCUT2D eigenvalue weighted by molar-refractivity contribution is -0.115. The molecule has 2 N–H and O–H groups in total. The Bertz CT molecular complexity index is 1040. The van der Waals surface area contributed by atoms with Gasteiger partial charge in [0.15, 0.2) is 0 Å². The molecule has 168 valence electrons. The number of hydrogen-bond acceptors (Lipinski definition) is 4. The normalized spacial score (nSPS) is 16.0. The van der Waals surface area contributed by atoms with Crippen LogP contribution in [0.15, 0.2) is 54.7 Å². The van der Waals surface area contributed by atoms with Gasteiger partial charge in [0.25, 0.3) is 0 Å². The fourth-order valence-electron chi connectivity index (χ4n) is 4.05. The van der Waals surface area contributed by atoms with Gasteiger partial charge >= 0.3 is 0 Å². The third-order valence-corrected chi connectivity index (χ3v) is 6.03. The Kier molecular flexibility index (Phi) is 7.45. The Hall–Kier alpha value is -2.83. The van der Waals surface area contributed by atoms with Gasteiger partial charge in [-0.3, -0.25) is 9.48 Å². The van der Waals surface area contributed by atoms with Gasteiger partial charge < -0.3 is 15.4 Å². The molecular formula is C25H29ClN4O2. The SMILES string of the molecule is Cn1nccc1-c1cc(NC(=O)Cc2ccc(Cl)cc2)ccc1OCCC1CCCCN1. The van der Waals surface area contributed by atoms with Crippen LogP contribution >= 0.6 is 11.6 Å². The van der Waals surface area contributed by atoms with E-state index < -0.39 is 0 Å². The van der Waals surface area contributed by atoms with Crippen molar-refractivity contribution in [2.24, 2.45) is 7.05 Å². The highest BCUT2D eigenvalue weighted by Crippen LogP contribution is 2.33. The van der Waals surface area contributed by atoms with Crippen molar-refractivity contribution in [3.63, 3.8) is 0 Å². The molecule has 2 heterocycles. The second-order valence-electron chi connectivity index (χ2n) is 8.19. The minimum Gasteiger partial charge on any atom is -0.493 e. The molecule has 3 aromatic rings. The van der Waals surface area contributed by atoms with Crippen molar-refractivity contribution in [1.29, 1.82) is 0 Å². The first-order chi connectivity index (χ1) is 15.6. The van der Waals surface area contributed by atoms with Gasteiger partial charge in [-0.2, -0.15) is 5.10 Å². The molecule has 0 radical (unpaired) electrons. The van der Waals surface area contributed by atoms with Gasteiger partial charge in [0.05, 0.1) is 18.7 Å². The first-order valence-corrected chi connectivity index (χ1v) is 11.5. The zero-order valence-corrected chi connectivity index (χ0v) is 19.1. The predicted octanol–water partition coefficient (Wildman–Crippen LogP) is 4.83. The summed E-state index contributed by atoms with van der Waals surface area (Å²) in [4.78, 5) is 12.6. The Morgan fingerprint density at radius 1 is 1.22 bits per heavy atom. The van der Waals surface area contributed by atoms with Crippen LogP contribution in [0.4, 0.5) is 5.69 Å². The summed E-state index contributed by atoms with van der Waals surface area (Å²) in [6.45, 7) is 1.74. The second-order valence-corrected chi connectivity index (χ2v) is 8.62. The molecular weight excluding hydrogens is 424 g/mol. The summed E-state index contributed by atoms with van der Waals surface area (Å²) in [6, 6.07) is 15.5. The quantitative estimate of drug-likeness (QED) is 0.513. The van der Waals surface area contributed by atoms with Crippen LogP contribution in [0.25, 0.3) is 11.3 Å². The largest absolute Gasteiger partial charge is 0.493 e. The van der Waals surface area contributed by atoms with E-state index >= 15 is 0 Å². The first-order valence-electron chi connectivity index (χ1n) is 11.1. The number of aryl methyl sites for hydroxylation is 1. The van der Waals surface area contributed by atoms with Gasteiger partial charge in [-0.1, -0.05) is 30.2 Å². The van der Waals surface area contributed by atoms with E-state index in [9.17, 15) is 4.79 Å². The molecule has 4 rings (SSSR count). The zero-order chi connectivity index (χ0) is 22.3. The molecule has 2 aromatic carbocycles. The van der Waals surface area contributed by atoms with Crippen LogP contribution in [-0.4, -0.2) is 34.9 Å². The van der Waals surface area contributed by atoms with Crippen LogP contribution in [0, 0.1) is 0 Å². The first kappa shape index (κ1) is 22.4. The summed E-state index contributed by atoms with van der Waals surface area (Å²) in [5.41, 5.74) is 3.48. The number of carbonyl (C=O) groups excluding carboxylic acids is 1. The monoisotopic (exact) mass is 452 g/mol. The number of benzene rings is 2. The van der Waals surface area contributed by atoms with Crippen molar-refractivity contribution in [3.8, 4) is 17.0 Å². The van der Waals surface area contributed by atoms with E-state index in [-0.39, 0.29) is 12.3 Å². The molecule has 6 nitrogen and oxygen atoms in total. The maximum absolute atomic E-state index is 12.6. The van der Waals surface area contributed by atoms with E-state index in [1.54, 1.807) is 18.3 Å². The number of amides is 1. The van der Waals surface area contributed by atoms with Gasteiger partial charge in [-0.25, -0.2) is 0 Å². The fraction of sp³-hybridized carbons (Fsp3) is 0.360. The van der Waals surface area contributed by atoms with Crippen LogP contribution in [0.1, 0.15) is 31.2 Å². The Morgan fingerprint density at radius 2 is 2.06 bits per heavy atom. The lowest BCUT2D eigenvalue weighted by Crippen LogP contribution is -2.35. The molecule has 0 saturated carbocycles. The van der Waals surface area contributed by atoms with Crippen molar-refractivity contribution in [2.45, 2.75) is 38.1 Å². The summed E-state index contributed by atoms with van der Waals surface area (Å²) in [5.74, 6) is 0.709.